The molecule has 0 unspecified atom stereocenters. The van der Waals surface area contributed by atoms with E-state index in [-0.39, 0.29) is 18.2 Å². The maximum absolute atomic E-state index is 5.38. The fraction of sp³-hybridized carbons (Fsp3) is 1.00. The van der Waals surface area contributed by atoms with Gasteiger partial charge in [-0.3, -0.25) is 4.70 Å². The Hall–Kier alpha value is 0.570. The van der Waals surface area contributed by atoms with Crippen molar-refractivity contribution < 1.29 is 4.70 Å². The highest BCUT2D eigenvalue weighted by Gasteiger charge is 1.76. The summed E-state index contributed by atoms with van der Waals surface area (Å²) in [6, 6.07) is 0. The molecule has 0 heterocycles. The van der Waals surface area contributed by atoms with Crippen molar-refractivity contribution in [2.75, 3.05) is 5.88 Å². The minimum atomic E-state index is 0. The van der Waals surface area contributed by atoms with Crippen LogP contribution in [0.4, 0.5) is 4.70 Å². The Morgan fingerprint density at radius 2 is 1.75 bits per heavy atom. The third kappa shape index (κ3) is 16.0. The molecule has 0 saturated heterocycles. The first-order valence-corrected chi connectivity index (χ1v) is 3.01. The molecule has 0 bridgehead atoms. The third-order valence-corrected chi connectivity index (χ3v) is 1.00. The normalized spacial score (nSPS) is 6.75. The lowest BCUT2D eigenvalue weighted by Crippen LogP contribution is -1.70. The summed E-state index contributed by atoms with van der Waals surface area (Å²) in [5.41, 5.74) is 0. The standard InChI is InChI=1S/C5H11Cl.FH.H2S/c1-2-3-4-5-6;;/h2-5H2,1H3;1H;1H2. The summed E-state index contributed by atoms with van der Waals surface area (Å²) >= 11 is 5.38. The van der Waals surface area contributed by atoms with Gasteiger partial charge in [0.05, 0.1) is 0 Å². The fourth-order valence-corrected chi connectivity index (χ4v) is 0.533. The average Bonchev–Trinajstić information content (AvgIpc) is 1.61. The van der Waals surface area contributed by atoms with Crippen molar-refractivity contribution in [2.24, 2.45) is 0 Å². The van der Waals surface area contributed by atoms with Crippen molar-refractivity contribution in [1.29, 1.82) is 0 Å². The molecule has 3 heteroatoms. The second kappa shape index (κ2) is 15.6. The first-order valence-electron chi connectivity index (χ1n) is 2.47. The number of hydrogen-bond acceptors (Lipinski definition) is 0. The van der Waals surface area contributed by atoms with Crippen molar-refractivity contribution in [3.8, 4) is 0 Å². The van der Waals surface area contributed by atoms with Gasteiger partial charge in [0.25, 0.3) is 0 Å². The Bertz CT molecular complexity index is 24.4. The van der Waals surface area contributed by atoms with Crippen molar-refractivity contribution in [1.82, 2.24) is 0 Å². The van der Waals surface area contributed by atoms with Crippen LogP contribution in [-0.2, 0) is 0 Å². The molecule has 0 atom stereocenters. The molecular weight excluding hydrogens is 147 g/mol. The van der Waals surface area contributed by atoms with Gasteiger partial charge in [-0.05, 0) is 6.42 Å². The van der Waals surface area contributed by atoms with Gasteiger partial charge in [-0.15, -0.1) is 11.6 Å². The SMILES string of the molecule is CCCCCCl.F.S. The summed E-state index contributed by atoms with van der Waals surface area (Å²) in [4.78, 5) is 0. The lowest BCUT2D eigenvalue weighted by molar-refractivity contribution is 0.776. The van der Waals surface area contributed by atoms with Crippen molar-refractivity contribution >= 4 is 25.1 Å². The second-order valence-electron chi connectivity index (χ2n) is 1.40. The van der Waals surface area contributed by atoms with Crippen molar-refractivity contribution in [3.63, 3.8) is 0 Å². The van der Waals surface area contributed by atoms with Crippen molar-refractivity contribution in [3.05, 3.63) is 0 Å². The molecule has 0 aromatic carbocycles. The zero-order valence-corrected chi connectivity index (χ0v) is 6.87. The Balaban J connectivity index is -0.000000125. The van der Waals surface area contributed by atoms with E-state index in [4.69, 9.17) is 11.6 Å². The van der Waals surface area contributed by atoms with E-state index in [9.17, 15) is 0 Å². The van der Waals surface area contributed by atoms with E-state index < -0.39 is 0 Å². The topological polar surface area (TPSA) is 0 Å². The predicted octanol–water partition coefficient (Wildman–Crippen LogP) is 2.68. The zero-order chi connectivity index (χ0) is 4.83. The zero-order valence-electron chi connectivity index (χ0n) is 5.11. The Morgan fingerprint density at radius 3 is 1.88 bits per heavy atom. The van der Waals surface area contributed by atoms with Gasteiger partial charge in [0.15, 0.2) is 0 Å². The van der Waals surface area contributed by atoms with E-state index in [0.717, 1.165) is 5.88 Å². The van der Waals surface area contributed by atoms with Gasteiger partial charge in [-0.2, -0.15) is 13.5 Å². The van der Waals surface area contributed by atoms with E-state index in [1.807, 2.05) is 0 Å². The van der Waals surface area contributed by atoms with E-state index in [2.05, 4.69) is 6.92 Å². The van der Waals surface area contributed by atoms with Gasteiger partial charge in [0, 0.05) is 5.88 Å². The fourth-order valence-electron chi connectivity index (χ4n) is 0.344. The van der Waals surface area contributed by atoms with Crippen LogP contribution < -0.4 is 0 Å². The molecule has 8 heavy (non-hydrogen) atoms. The number of halogens is 2. The molecule has 0 saturated carbocycles. The molecular formula is C5H14ClFS. The van der Waals surface area contributed by atoms with Gasteiger partial charge in [0.2, 0.25) is 0 Å². The van der Waals surface area contributed by atoms with Crippen molar-refractivity contribution in [2.45, 2.75) is 26.2 Å². The molecule has 0 aliphatic rings. The Morgan fingerprint density at radius 1 is 1.25 bits per heavy atom. The maximum atomic E-state index is 5.38. The highest BCUT2D eigenvalue weighted by molar-refractivity contribution is 7.59. The molecule has 0 fully saturated rings. The van der Waals surface area contributed by atoms with E-state index in [1.54, 1.807) is 0 Å². The molecule has 0 aromatic rings. The molecule has 54 valence electrons. The second-order valence-corrected chi connectivity index (χ2v) is 1.77. The molecule has 0 nitrogen and oxygen atoms in total. The largest absolute Gasteiger partial charge is 0.269 e. The van der Waals surface area contributed by atoms with Crippen LogP contribution in [0, 0.1) is 0 Å². The number of alkyl halides is 1. The van der Waals surface area contributed by atoms with Crippen LogP contribution in [0.15, 0.2) is 0 Å². The summed E-state index contributed by atoms with van der Waals surface area (Å²) in [6.07, 6.45) is 3.73. The summed E-state index contributed by atoms with van der Waals surface area (Å²) < 4.78 is 0. The molecule has 0 aromatic heterocycles. The summed E-state index contributed by atoms with van der Waals surface area (Å²) in [5, 5.41) is 0. The van der Waals surface area contributed by atoms with Gasteiger partial charge in [-0.1, -0.05) is 19.8 Å². The number of unbranched alkanes of at least 4 members (excludes halogenated alkanes) is 2. The number of hydrogen-bond donors (Lipinski definition) is 0. The molecule has 0 radical (unpaired) electrons. The first kappa shape index (κ1) is 15.8. The summed E-state index contributed by atoms with van der Waals surface area (Å²) in [7, 11) is 0. The first-order chi connectivity index (χ1) is 2.91. The monoisotopic (exact) mass is 160 g/mol. The molecule has 0 N–H and O–H groups in total. The lowest BCUT2D eigenvalue weighted by Gasteiger charge is -1.84. The van der Waals surface area contributed by atoms with E-state index in [0.29, 0.717) is 0 Å². The van der Waals surface area contributed by atoms with Gasteiger partial charge < -0.3 is 0 Å². The molecule has 0 spiro atoms. The van der Waals surface area contributed by atoms with Crippen LogP contribution in [0.5, 0.6) is 0 Å². The average molecular weight is 161 g/mol. The third-order valence-electron chi connectivity index (χ3n) is 0.737. The maximum Gasteiger partial charge on any atom is 0.0223 e. The van der Waals surface area contributed by atoms with Gasteiger partial charge >= 0.3 is 0 Å². The molecule has 0 rings (SSSR count). The van der Waals surface area contributed by atoms with Crippen LogP contribution in [0.2, 0.25) is 0 Å². The predicted molar refractivity (Wildman–Crippen MR) is 43.1 cm³/mol. The summed E-state index contributed by atoms with van der Waals surface area (Å²) in [6.45, 7) is 2.17. The molecule has 0 amide bonds. The summed E-state index contributed by atoms with van der Waals surface area (Å²) in [5.74, 6) is 0.827. The van der Waals surface area contributed by atoms with E-state index in [1.165, 1.54) is 19.3 Å². The minimum Gasteiger partial charge on any atom is -0.269 e. The highest BCUT2D eigenvalue weighted by Crippen LogP contribution is 1.93. The van der Waals surface area contributed by atoms with Crippen LogP contribution in [0.3, 0.4) is 0 Å². The van der Waals surface area contributed by atoms with Gasteiger partial charge in [0.1, 0.15) is 0 Å². The van der Waals surface area contributed by atoms with Crippen LogP contribution in [0.25, 0.3) is 0 Å². The van der Waals surface area contributed by atoms with E-state index >= 15 is 0 Å². The Kier molecular flexibility index (Phi) is 31.0. The van der Waals surface area contributed by atoms with Crippen LogP contribution in [0.1, 0.15) is 26.2 Å². The molecule has 0 aliphatic carbocycles. The van der Waals surface area contributed by atoms with Crippen LogP contribution >= 0.6 is 25.1 Å². The van der Waals surface area contributed by atoms with Gasteiger partial charge in [-0.25, -0.2) is 0 Å². The Labute approximate surface area is 62.4 Å². The number of rotatable bonds is 3. The van der Waals surface area contributed by atoms with Crippen LogP contribution in [-0.4, -0.2) is 5.88 Å². The molecule has 0 aliphatic heterocycles. The highest BCUT2D eigenvalue weighted by atomic mass is 35.5. The lowest BCUT2D eigenvalue weighted by atomic mass is 10.3. The minimum absolute atomic E-state index is 0. The smallest absolute Gasteiger partial charge is 0.0223 e. The quantitative estimate of drug-likeness (QED) is 0.440.